The Morgan fingerprint density at radius 2 is 1.82 bits per heavy atom. The number of ether oxygens (including phenoxy) is 3. The van der Waals surface area contributed by atoms with Crippen molar-refractivity contribution in [1.82, 2.24) is 9.55 Å². The Labute approximate surface area is 185 Å². The first-order valence-electron chi connectivity index (χ1n) is 9.31. The molecule has 3 aromatic rings. The van der Waals surface area contributed by atoms with Crippen LogP contribution in [0, 0.1) is 33.0 Å². The van der Waals surface area contributed by atoms with Gasteiger partial charge < -0.3 is 24.3 Å². The predicted octanol–water partition coefficient (Wildman–Crippen LogP) is 3.98. The lowest BCUT2D eigenvalue weighted by Crippen LogP contribution is -2.11. The van der Waals surface area contributed by atoms with Crippen LogP contribution in [0.3, 0.4) is 0 Å². The largest absolute Gasteiger partial charge is 0.514 e. The lowest BCUT2D eigenvalue weighted by atomic mass is 10.2. The van der Waals surface area contributed by atoms with E-state index in [0.717, 1.165) is 6.07 Å². The minimum absolute atomic E-state index is 0.0935. The number of carbonyl (C=O) groups is 1. The van der Waals surface area contributed by atoms with Crippen molar-refractivity contribution < 1.29 is 33.2 Å². The molecule has 1 aromatic heterocycles. The van der Waals surface area contributed by atoms with Gasteiger partial charge in [0, 0.05) is 12.1 Å². The molecule has 0 aliphatic rings. The van der Waals surface area contributed by atoms with Gasteiger partial charge in [0.05, 0.1) is 12.0 Å². The van der Waals surface area contributed by atoms with E-state index in [2.05, 4.69) is 4.98 Å². The number of hydrogen-bond acceptors (Lipinski definition) is 9. The third-order valence-corrected chi connectivity index (χ3v) is 4.51. The molecule has 13 heteroatoms. The second-order valence-electron chi connectivity index (χ2n) is 6.77. The van der Waals surface area contributed by atoms with Gasteiger partial charge >= 0.3 is 12.1 Å². The molecule has 0 atom stereocenters. The van der Waals surface area contributed by atoms with Crippen molar-refractivity contribution in [1.29, 1.82) is 0 Å². The Kier molecular flexibility index (Phi) is 6.81. The highest BCUT2D eigenvalue weighted by molar-refractivity contribution is 5.65. The molecule has 0 saturated heterocycles. The maximum Gasteiger partial charge on any atom is 0.514 e. The summed E-state index contributed by atoms with van der Waals surface area (Å²) < 4.78 is 30.9. The molecule has 12 nitrogen and oxygen atoms in total. The van der Waals surface area contributed by atoms with Crippen molar-refractivity contribution in [3.8, 4) is 11.5 Å². The van der Waals surface area contributed by atoms with Crippen molar-refractivity contribution in [2.24, 2.45) is 7.05 Å². The summed E-state index contributed by atoms with van der Waals surface area (Å²) in [5.74, 6) is -1.10. The highest BCUT2D eigenvalue weighted by Crippen LogP contribution is 2.24. The summed E-state index contributed by atoms with van der Waals surface area (Å²) in [6.07, 6.45) is 0.196. The van der Waals surface area contributed by atoms with Crippen LogP contribution in [0.15, 0.2) is 42.6 Å². The Morgan fingerprint density at radius 3 is 2.42 bits per heavy atom. The molecular weight excluding hydrogens is 443 g/mol. The molecule has 0 aliphatic heterocycles. The van der Waals surface area contributed by atoms with E-state index in [4.69, 9.17) is 14.2 Å². The smallest absolute Gasteiger partial charge is 0.483 e. The van der Waals surface area contributed by atoms with E-state index in [1.54, 1.807) is 0 Å². The Balaban J connectivity index is 1.55. The van der Waals surface area contributed by atoms with Gasteiger partial charge in [0.2, 0.25) is 0 Å². The van der Waals surface area contributed by atoms with Gasteiger partial charge in [-0.05, 0) is 41.2 Å². The number of benzene rings is 2. The second kappa shape index (κ2) is 9.72. The molecule has 0 radical (unpaired) electrons. The predicted molar refractivity (Wildman–Crippen MR) is 109 cm³/mol. The van der Waals surface area contributed by atoms with Crippen LogP contribution >= 0.6 is 0 Å². The summed E-state index contributed by atoms with van der Waals surface area (Å²) in [7, 11) is 1.44. The van der Waals surface area contributed by atoms with E-state index in [-0.39, 0.29) is 36.3 Å². The standard InChI is InChI=1S/C20H17FN4O8/c1-12-7-14(24(27)28)4-6-17(12)33-20(26)32-10-13-3-5-18(16(21)8-13)31-11-15-9-22-19(23(15)2)25(29)30/h3-9H,10-11H2,1-2H3. The first-order chi connectivity index (χ1) is 15.7. The Hall–Kier alpha value is -4.55. The molecular formula is C20H17FN4O8. The van der Waals surface area contributed by atoms with E-state index in [9.17, 15) is 29.4 Å². The van der Waals surface area contributed by atoms with E-state index in [0.29, 0.717) is 16.8 Å². The molecule has 2 aromatic carbocycles. The number of aromatic nitrogens is 2. The van der Waals surface area contributed by atoms with E-state index >= 15 is 0 Å². The van der Waals surface area contributed by atoms with Crippen LogP contribution in [-0.2, 0) is 25.0 Å². The number of imidazole rings is 1. The van der Waals surface area contributed by atoms with Crippen LogP contribution < -0.4 is 9.47 Å². The van der Waals surface area contributed by atoms with Crippen LogP contribution in [-0.4, -0.2) is 25.6 Å². The highest BCUT2D eigenvalue weighted by atomic mass is 19.1. The van der Waals surface area contributed by atoms with Crippen molar-refractivity contribution in [2.75, 3.05) is 0 Å². The van der Waals surface area contributed by atoms with Crippen molar-refractivity contribution >= 4 is 17.8 Å². The van der Waals surface area contributed by atoms with Gasteiger partial charge in [-0.2, -0.15) is 0 Å². The fourth-order valence-corrected chi connectivity index (χ4v) is 2.76. The molecule has 0 spiro atoms. The number of hydrogen-bond donors (Lipinski definition) is 0. The van der Waals surface area contributed by atoms with Crippen LogP contribution in [0.5, 0.6) is 11.5 Å². The lowest BCUT2D eigenvalue weighted by Gasteiger charge is -2.10. The Morgan fingerprint density at radius 1 is 1.09 bits per heavy atom. The van der Waals surface area contributed by atoms with Gasteiger partial charge in [-0.15, -0.1) is 0 Å². The minimum Gasteiger partial charge on any atom is -0.483 e. The SMILES string of the molecule is Cc1cc([N+](=O)[O-])ccc1OC(=O)OCc1ccc(OCc2cnc([N+](=O)[O-])n2C)c(F)c1. The first-order valence-corrected chi connectivity index (χ1v) is 9.31. The quantitative estimate of drug-likeness (QED) is 0.210. The minimum atomic E-state index is -1.06. The fraction of sp³-hybridized carbons (Fsp3) is 0.200. The van der Waals surface area contributed by atoms with Crippen molar-refractivity contribution in [3.63, 3.8) is 0 Å². The number of rotatable bonds is 8. The number of nitro groups is 2. The molecule has 0 unspecified atom stereocenters. The molecule has 0 amide bonds. The van der Waals surface area contributed by atoms with Gasteiger partial charge in [0.25, 0.3) is 5.69 Å². The normalized spacial score (nSPS) is 10.5. The molecule has 0 aliphatic carbocycles. The summed E-state index contributed by atoms with van der Waals surface area (Å²) in [6, 6.07) is 7.61. The molecule has 0 bridgehead atoms. The van der Waals surface area contributed by atoms with Gasteiger partial charge in [-0.25, -0.2) is 13.8 Å². The molecule has 172 valence electrons. The molecule has 0 fully saturated rings. The second-order valence-corrected chi connectivity index (χ2v) is 6.77. The third-order valence-electron chi connectivity index (χ3n) is 4.51. The van der Waals surface area contributed by atoms with Crippen LogP contribution in [0.1, 0.15) is 16.8 Å². The fourth-order valence-electron chi connectivity index (χ4n) is 2.76. The average Bonchev–Trinajstić information content (AvgIpc) is 3.13. The number of aryl methyl sites for hydroxylation is 1. The summed E-state index contributed by atoms with van der Waals surface area (Å²) in [6.45, 7) is 1.09. The number of non-ortho nitro benzene ring substituents is 1. The first kappa shape index (κ1) is 23.1. The molecule has 0 saturated carbocycles. The zero-order chi connectivity index (χ0) is 24.1. The van der Waals surface area contributed by atoms with Gasteiger partial charge in [0.15, 0.2) is 17.3 Å². The zero-order valence-corrected chi connectivity index (χ0v) is 17.4. The molecule has 0 N–H and O–H groups in total. The van der Waals surface area contributed by atoms with Gasteiger partial charge in [-0.1, -0.05) is 11.1 Å². The highest BCUT2D eigenvalue weighted by Gasteiger charge is 2.18. The number of nitro benzene ring substituents is 1. The summed E-state index contributed by atoms with van der Waals surface area (Å²) in [5, 5.41) is 21.6. The van der Waals surface area contributed by atoms with Crippen molar-refractivity contribution in [3.05, 3.63) is 85.5 Å². The van der Waals surface area contributed by atoms with E-state index in [1.165, 1.54) is 55.1 Å². The monoisotopic (exact) mass is 460 g/mol. The average molecular weight is 460 g/mol. The number of carbonyl (C=O) groups excluding carboxylic acids is 1. The topological polar surface area (TPSA) is 149 Å². The molecule has 1 heterocycles. The zero-order valence-electron chi connectivity index (χ0n) is 17.4. The van der Waals surface area contributed by atoms with Crippen LogP contribution in [0.25, 0.3) is 0 Å². The van der Waals surface area contributed by atoms with E-state index in [1.807, 2.05) is 0 Å². The van der Waals surface area contributed by atoms with Crippen LogP contribution in [0.2, 0.25) is 0 Å². The third kappa shape index (κ3) is 5.58. The maximum absolute atomic E-state index is 14.3. The van der Waals surface area contributed by atoms with Gasteiger partial charge in [0.1, 0.15) is 25.2 Å². The summed E-state index contributed by atoms with van der Waals surface area (Å²) >= 11 is 0. The lowest BCUT2D eigenvalue weighted by molar-refractivity contribution is -0.396. The van der Waals surface area contributed by atoms with E-state index < -0.39 is 21.8 Å². The molecule has 3 rings (SSSR count). The summed E-state index contributed by atoms with van der Waals surface area (Å²) in [4.78, 5) is 35.9. The number of nitrogens with zero attached hydrogens (tertiary/aromatic N) is 4. The Bertz CT molecular complexity index is 1230. The summed E-state index contributed by atoms with van der Waals surface area (Å²) in [5.41, 5.74) is 0.909. The maximum atomic E-state index is 14.3. The number of halogens is 1. The molecule has 33 heavy (non-hydrogen) atoms. The van der Waals surface area contributed by atoms with Crippen LogP contribution in [0.4, 0.5) is 20.8 Å². The van der Waals surface area contributed by atoms with Gasteiger partial charge in [-0.3, -0.25) is 10.1 Å². The van der Waals surface area contributed by atoms with Crippen molar-refractivity contribution in [2.45, 2.75) is 20.1 Å².